The normalized spacial score (nSPS) is 13.4. The maximum atomic E-state index is 11.5. The monoisotopic (exact) mass is 275 g/mol. The van der Waals surface area contributed by atoms with Crippen LogP contribution in [-0.4, -0.2) is 48.8 Å². The van der Waals surface area contributed by atoms with Gasteiger partial charge in [-0.1, -0.05) is 0 Å². The fourth-order valence-electron chi connectivity index (χ4n) is 1.33. The van der Waals surface area contributed by atoms with Crippen LogP contribution in [0, 0.1) is 0 Å². The molecule has 0 aliphatic rings. The van der Waals surface area contributed by atoms with Gasteiger partial charge in [0.05, 0.1) is 0 Å². The lowest BCUT2D eigenvalue weighted by Gasteiger charge is -2.17. The first kappa shape index (κ1) is 17.2. The Balaban J connectivity index is 4.16. The van der Waals surface area contributed by atoms with Crippen LogP contribution in [0.15, 0.2) is 0 Å². The van der Waals surface area contributed by atoms with Gasteiger partial charge in [0.2, 0.25) is 5.91 Å². The number of carbonyl (C=O) groups is 3. The molecule has 0 heterocycles. The molecule has 0 aromatic rings. The zero-order chi connectivity index (χ0) is 14.8. The smallest absolute Gasteiger partial charge is 0.326 e. The average Bonchev–Trinajstić information content (AvgIpc) is 2.31. The Morgan fingerprint density at radius 1 is 1.26 bits per heavy atom. The number of methoxy groups -OCH3 is 1. The number of nitrogens with one attached hydrogen (secondary N) is 2. The average molecular weight is 275 g/mol. The number of carbonyl (C=O) groups excluding carboxylic acids is 2. The minimum Gasteiger partial charge on any atom is -0.480 e. The summed E-state index contributed by atoms with van der Waals surface area (Å²) in [5.41, 5.74) is 4.93. The Morgan fingerprint density at radius 2 is 1.89 bits per heavy atom. The molecule has 0 saturated heterocycles. The molecule has 19 heavy (non-hydrogen) atoms. The second kappa shape index (κ2) is 9.15. The van der Waals surface area contributed by atoms with Gasteiger partial charge in [0.25, 0.3) is 0 Å². The fourth-order valence-corrected chi connectivity index (χ4v) is 1.33. The highest BCUT2D eigenvalue weighted by molar-refractivity contribution is 5.83. The number of rotatable bonds is 9. The van der Waals surface area contributed by atoms with Crippen LogP contribution in [0.3, 0.4) is 0 Å². The van der Waals surface area contributed by atoms with E-state index >= 15 is 0 Å². The molecule has 0 spiro atoms. The van der Waals surface area contributed by atoms with E-state index < -0.39 is 23.9 Å². The predicted octanol–water partition coefficient (Wildman–Crippen LogP) is -0.571. The number of nitrogens with two attached hydrogens (primary N) is 1. The molecule has 0 aliphatic heterocycles. The van der Waals surface area contributed by atoms with Gasteiger partial charge in [-0.2, -0.15) is 0 Å². The van der Waals surface area contributed by atoms with E-state index in [4.69, 9.17) is 15.6 Å². The van der Waals surface area contributed by atoms with E-state index in [0.717, 1.165) is 0 Å². The lowest BCUT2D eigenvalue weighted by molar-refractivity contribution is -0.139. The highest BCUT2D eigenvalue weighted by atomic mass is 16.5. The minimum absolute atomic E-state index is 0.0372. The number of urea groups is 1. The first-order valence-corrected chi connectivity index (χ1v) is 5.94. The SMILES string of the molecule is COCCC(C)NC(=O)NC(CCC(N)=O)C(=O)O. The van der Waals surface area contributed by atoms with Crippen molar-refractivity contribution in [3.05, 3.63) is 0 Å². The van der Waals surface area contributed by atoms with Crippen molar-refractivity contribution in [3.63, 3.8) is 0 Å². The molecule has 0 saturated carbocycles. The molecule has 2 atom stereocenters. The zero-order valence-corrected chi connectivity index (χ0v) is 11.1. The molecule has 3 amide bonds. The van der Waals surface area contributed by atoms with E-state index in [-0.39, 0.29) is 18.9 Å². The zero-order valence-electron chi connectivity index (χ0n) is 11.1. The van der Waals surface area contributed by atoms with Crippen molar-refractivity contribution in [2.24, 2.45) is 5.73 Å². The number of amides is 3. The van der Waals surface area contributed by atoms with Crippen LogP contribution in [0.5, 0.6) is 0 Å². The summed E-state index contributed by atoms with van der Waals surface area (Å²) in [7, 11) is 1.55. The Morgan fingerprint density at radius 3 is 2.37 bits per heavy atom. The number of hydrogen-bond acceptors (Lipinski definition) is 4. The maximum Gasteiger partial charge on any atom is 0.326 e. The summed E-state index contributed by atoms with van der Waals surface area (Å²) in [4.78, 5) is 33.0. The summed E-state index contributed by atoms with van der Waals surface area (Å²) in [6, 6.07) is -1.88. The lowest BCUT2D eigenvalue weighted by Crippen LogP contribution is -2.48. The van der Waals surface area contributed by atoms with E-state index in [2.05, 4.69) is 10.6 Å². The van der Waals surface area contributed by atoms with Crippen molar-refractivity contribution in [1.82, 2.24) is 10.6 Å². The van der Waals surface area contributed by atoms with Gasteiger partial charge in [-0.3, -0.25) is 4.79 Å². The lowest BCUT2D eigenvalue weighted by atomic mass is 10.1. The molecule has 0 rings (SSSR count). The molecule has 0 radical (unpaired) electrons. The summed E-state index contributed by atoms with van der Waals surface area (Å²) in [5.74, 6) is -1.82. The molecule has 0 aromatic heterocycles. The van der Waals surface area contributed by atoms with Crippen molar-refractivity contribution in [1.29, 1.82) is 0 Å². The molecule has 8 heteroatoms. The quantitative estimate of drug-likeness (QED) is 0.447. The van der Waals surface area contributed by atoms with Crippen molar-refractivity contribution < 1.29 is 24.2 Å². The number of carboxylic acid groups (broad SMARTS) is 1. The standard InChI is InChI=1S/C11H21N3O5/c1-7(5-6-19-2)13-11(18)14-8(10(16)17)3-4-9(12)15/h7-8H,3-6H2,1-2H3,(H2,12,15)(H,16,17)(H2,13,14,18). The van der Waals surface area contributed by atoms with Gasteiger partial charge in [0.1, 0.15) is 6.04 Å². The molecular formula is C11H21N3O5. The highest BCUT2D eigenvalue weighted by Crippen LogP contribution is 1.98. The summed E-state index contributed by atoms with van der Waals surface area (Å²) >= 11 is 0. The van der Waals surface area contributed by atoms with E-state index in [1.165, 1.54) is 0 Å². The fraction of sp³-hybridized carbons (Fsp3) is 0.727. The molecule has 110 valence electrons. The topological polar surface area (TPSA) is 131 Å². The van der Waals surface area contributed by atoms with Crippen LogP contribution in [-0.2, 0) is 14.3 Å². The Kier molecular flexibility index (Phi) is 8.27. The van der Waals surface area contributed by atoms with E-state index in [9.17, 15) is 14.4 Å². The first-order chi connectivity index (χ1) is 8.86. The van der Waals surface area contributed by atoms with Gasteiger partial charge in [-0.25, -0.2) is 9.59 Å². The molecule has 5 N–H and O–H groups in total. The first-order valence-electron chi connectivity index (χ1n) is 5.94. The Hall–Kier alpha value is -1.83. The summed E-state index contributed by atoms with van der Waals surface area (Å²) in [5, 5.41) is 13.8. The Labute approximate surface area is 111 Å². The van der Waals surface area contributed by atoms with E-state index in [1.807, 2.05) is 0 Å². The van der Waals surface area contributed by atoms with E-state index in [0.29, 0.717) is 13.0 Å². The van der Waals surface area contributed by atoms with E-state index in [1.54, 1.807) is 14.0 Å². The van der Waals surface area contributed by atoms with Crippen LogP contribution >= 0.6 is 0 Å². The summed E-state index contributed by atoms with van der Waals surface area (Å²) in [6.45, 7) is 2.27. The van der Waals surface area contributed by atoms with Gasteiger partial charge in [-0.15, -0.1) is 0 Å². The Bertz CT molecular complexity index is 321. The van der Waals surface area contributed by atoms with Crippen LogP contribution in [0.2, 0.25) is 0 Å². The molecule has 0 aromatic carbocycles. The molecular weight excluding hydrogens is 254 g/mol. The number of carboxylic acids is 1. The van der Waals surface area contributed by atoms with Crippen molar-refractivity contribution in [2.75, 3.05) is 13.7 Å². The molecule has 8 nitrogen and oxygen atoms in total. The van der Waals surface area contributed by atoms with Crippen molar-refractivity contribution in [3.8, 4) is 0 Å². The molecule has 0 fully saturated rings. The summed E-state index contributed by atoms with van der Waals surface area (Å²) < 4.78 is 4.86. The third-order valence-electron chi connectivity index (χ3n) is 2.42. The number of primary amides is 1. The second-order valence-corrected chi connectivity index (χ2v) is 4.20. The second-order valence-electron chi connectivity index (χ2n) is 4.20. The number of ether oxygens (including phenoxy) is 1. The van der Waals surface area contributed by atoms with Crippen molar-refractivity contribution in [2.45, 2.75) is 38.3 Å². The number of hydrogen-bond donors (Lipinski definition) is 4. The minimum atomic E-state index is -1.21. The molecule has 0 aliphatic carbocycles. The van der Waals surface area contributed by atoms with Gasteiger partial charge in [0, 0.05) is 26.2 Å². The van der Waals surface area contributed by atoms with Crippen LogP contribution in [0.25, 0.3) is 0 Å². The number of aliphatic carboxylic acids is 1. The van der Waals surface area contributed by atoms with Crippen molar-refractivity contribution >= 4 is 17.9 Å². The van der Waals surface area contributed by atoms with Crippen LogP contribution in [0.1, 0.15) is 26.2 Å². The third kappa shape index (κ3) is 8.83. The predicted molar refractivity (Wildman–Crippen MR) is 67.5 cm³/mol. The highest BCUT2D eigenvalue weighted by Gasteiger charge is 2.20. The van der Waals surface area contributed by atoms with Crippen LogP contribution in [0.4, 0.5) is 4.79 Å². The largest absolute Gasteiger partial charge is 0.480 e. The van der Waals surface area contributed by atoms with Gasteiger partial charge in [0.15, 0.2) is 0 Å². The molecule has 0 bridgehead atoms. The summed E-state index contributed by atoms with van der Waals surface area (Å²) in [6.07, 6.45) is 0.476. The van der Waals surface area contributed by atoms with Gasteiger partial charge in [-0.05, 0) is 19.8 Å². The maximum absolute atomic E-state index is 11.5. The van der Waals surface area contributed by atoms with Gasteiger partial charge < -0.3 is 26.2 Å². The van der Waals surface area contributed by atoms with Crippen LogP contribution < -0.4 is 16.4 Å². The third-order valence-corrected chi connectivity index (χ3v) is 2.42. The molecule has 2 unspecified atom stereocenters. The van der Waals surface area contributed by atoms with Gasteiger partial charge >= 0.3 is 12.0 Å².